The summed E-state index contributed by atoms with van der Waals surface area (Å²) in [7, 11) is 0. The minimum absolute atomic E-state index is 0.214. The highest BCUT2D eigenvalue weighted by Crippen LogP contribution is 2.30. The first kappa shape index (κ1) is 15.9. The Morgan fingerprint density at radius 3 is 3.00 bits per heavy atom. The zero-order valence-corrected chi connectivity index (χ0v) is 13.1. The van der Waals surface area contributed by atoms with Crippen LogP contribution in [0.4, 0.5) is 5.95 Å². The number of aliphatic hydroxyl groups is 2. The van der Waals surface area contributed by atoms with Crippen molar-refractivity contribution in [3.63, 3.8) is 0 Å². The molecule has 126 valence electrons. The smallest absolute Gasteiger partial charge is 0.280 e. The van der Waals surface area contributed by atoms with E-state index in [1.165, 1.54) is 6.33 Å². The Kier molecular flexibility index (Phi) is 4.33. The fourth-order valence-corrected chi connectivity index (χ4v) is 2.57. The zero-order chi connectivity index (χ0) is 16.6. The van der Waals surface area contributed by atoms with Gasteiger partial charge in [-0.2, -0.15) is 4.98 Å². The van der Waals surface area contributed by atoms with Crippen molar-refractivity contribution in [1.29, 1.82) is 0 Å². The van der Waals surface area contributed by atoms with Crippen LogP contribution in [0.2, 0.25) is 0 Å². The standard InChI is InChI=1S/C14H21N5O4/c1-7(2)4-15-14-17-12-11(13(22)18-14)16-6-19(12)10-3-8(21)9(5-20)23-10/h6-10,20-21H,3-5H2,1-2H3,(H2,15,17,18,22)/t8-,9-,10+/m0/s1. The van der Waals surface area contributed by atoms with E-state index in [0.29, 0.717) is 30.5 Å². The van der Waals surface area contributed by atoms with Gasteiger partial charge >= 0.3 is 0 Å². The van der Waals surface area contributed by atoms with Crippen molar-refractivity contribution < 1.29 is 14.9 Å². The minimum atomic E-state index is -0.761. The largest absolute Gasteiger partial charge is 0.394 e. The lowest BCUT2D eigenvalue weighted by Gasteiger charge is -2.14. The quantitative estimate of drug-likeness (QED) is 0.602. The van der Waals surface area contributed by atoms with E-state index in [-0.39, 0.29) is 17.7 Å². The summed E-state index contributed by atoms with van der Waals surface area (Å²) < 4.78 is 7.22. The van der Waals surface area contributed by atoms with E-state index in [1.807, 2.05) is 0 Å². The molecule has 23 heavy (non-hydrogen) atoms. The number of imidazole rings is 1. The normalized spacial score (nSPS) is 24.7. The Labute approximate surface area is 132 Å². The monoisotopic (exact) mass is 323 g/mol. The summed E-state index contributed by atoms with van der Waals surface area (Å²) in [6.45, 7) is 4.51. The molecule has 0 unspecified atom stereocenters. The third-order valence-electron chi connectivity index (χ3n) is 3.80. The van der Waals surface area contributed by atoms with Crippen LogP contribution in [0.15, 0.2) is 11.1 Å². The van der Waals surface area contributed by atoms with Gasteiger partial charge in [-0.3, -0.25) is 14.3 Å². The van der Waals surface area contributed by atoms with E-state index in [2.05, 4.69) is 34.1 Å². The molecule has 9 nitrogen and oxygen atoms in total. The molecular formula is C14H21N5O4. The molecule has 1 aliphatic heterocycles. The van der Waals surface area contributed by atoms with Gasteiger partial charge in [-0.15, -0.1) is 0 Å². The number of nitrogens with zero attached hydrogens (tertiary/aromatic N) is 3. The van der Waals surface area contributed by atoms with Crippen molar-refractivity contribution in [1.82, 2.24) is 19.5 Å². The number of nitrogens with one attached hydrogen (secondary N) is 2. The topological polar surface area (TPSA) is 125 Å². The van der Waals surface area contributed by atoms with Crippen molar-refractivity contribution in [3.8, 4) is 0 Å². The van der Waals surface area contributed by atoms with Crippen LogP contribution >= 0.6 is 0 Å². The Morgan fingerprint density at radius 2 is 2.35 bits per heavy atom. The summed E-state index contributed by atoms with van der Waals surface area (Å²) in [6.07, 6.45) is -0.142. The third kappa shape index (κ3) is 3.07. The molecule has 0 amide bonds. The number of hydrogen-bond acceptors (Lipinski definition) is 7. The van der Waals surface area contributed by atoms with Gasteiger partial charge in [-0.05, 0) is 5.92 Å². The first-order chi connectivity index (χ1) is 11.0. The maximum absolute atomic E-state index is 12.1. The molecule has 0 radical (unpaired) electrons. The molecule has 0 spiro atoms. The fraction of sp³-hybridized carbons (Fsp3) is 0.643. The second-order valence-electron chi connectivity index (χ2n) is 6.13. The highest BCUT2D eigenvalue weighted by atomic mass is 16.5. The van der Waals surface area contributed by atoms with E-state index in [9.17, 15) is 15.0 Å². The van der Waals surface area contributed by atoms with Crippen LogP contribution in [-0.2, 0) is 4.74 Å². The van der Waals surface area contributed by atoms with Crippen LogP contribution in [0.25, 0.3) is 11.2 Å². The summed E-state index contributed by atoms with van der Waals surface area (Å²) in [6, 6.07) is 0. The molecule has 0 aromatic carbocycles. The zero-order valence-electron chi connectivity index (χ0n) is 13.1. The lowest BCUT2D eigenvalue weighted by atomic mass is 10.2. The summed E-state index contributed by atoms with van der Waals surface area (Å²) in [5.41, 5.74) is 0.263. The number of anilines is 1. The van der Waals surface area contributed by atoms with E-state index in [1.54, 1.807) is 4.57 Å². The van der Waals surface area contributed by atoms with Crippen molar-refractivity contribution in [2.24, 2.45) is 5.92 Å². The number of aliphatic hydroxyl groups excluding tert-OH is 2. The first-order valence-electron chi connectivity index (χ1n) is 7.64. The number of aromatic amines is 1. The molecule has 0 bridgehead atoms. The van der Waals surface area contributed by atoms with E-state index < -0.39 is 18.4 Å². The molecule has 4 N–H and O–H groups in total. The van der Waals surface area contributed by atoms with Crippen LogP contribution in [0.5, 0.6) is 0 Å². The summed E-state index contributed by atoms with van der Waals surface area (Å²) in [4.78, 5) is 23.2. The minimum Gasteiger partial charge on any atom is -0.394 e. The van der Waals surface area contributed by atoms with Gasteiger partial charge in [0.15, 0.2) is 11.2 Å². The number of aromatic nitrogens is 4. The van der Waals surface area contributed by atoms with Crippen LogP contribution < -0.4 is 10.9 Å². The number of fused-ring (bicyclic) bond motifs is 1. The Balaban J connectivity index is 1.94. The molecule has 0 saturated carbocycles. The van der Waals surface area contributed by atoms with Gasteiger partial charge in [0, 0.05) is 13.0 Å². The van der Waals surface area contributed by atoms with E-state index in [4.69, 9.17) is 4.74 Å². The number of ether oxygens (including phenoxy) is 1. The molecule has 3 atom stereocenters. The Bertz CT molecular complexity index is 740. The van der Waals surface area contributed by atoms with Gasteiger partial charge in [-0.25, -0.2) is 4.98 Å². The molecule has 2 aromatic heterocycles. The molecule has 2 aromatic rings. The van der Waals surface area contributed by atoms with Gasteiger partial charge in [-0.1, -0.05) is 13.8 Å². The second kappa shape index (κ2) is 6.26. The van der Waals surface area contributed by atoms with E-state index in [0.717, 1.165) is 0 Å². The Hall–Kier alpha value is -1.97. The predicted octanol–water partition coefficient (Wildman–Crippen LogP) is -0.172. The molecule has 3 heterocycles. The van der Waals surface area contributed by atoms with Gasteiger partial charge in [0.25, 0.3) is 5.56 Å². The molecule has 9 heteroatoms. The summed E-state index contributed by atoms with van der Waals surface area (Å²) in [5, 5.41) is 22.1. The highest BCUT2D eigenvalue weighted by molar-refractivity contribution is 5.70. The average Bonchev–Trinajstić information content (AvgIpc) is 3.08. The first-order valence-corrected chi connectivity index (χ1v) is 7.64. The van der Waals surface area contributed by atoms with Crippen LogP contribution in [0, 0.1) is 5.92 Å². The van der Waals surface area contributed by atoms with Crippen molar-refractivity contribution >= 4 is 17.1 Å². The molecule has 1 aliphatic rings. The summed E-state index contributed by atoms with van der Waals surface area (Å²) in [5.74, 6) is 0.773. The van der Waals surface area contributed by atoms with Crippen LogP contribution in [0.3, 0.4) is 0 Å². The molecular weight excluding hydrogens is 302 g/mol. The SMILES string of the molecule is CC(C)CNc1nc2c(ncn2[C@H]2C[C@H](O)[C@H](CO)O2)c(=O)[nH]1. The van der Waals surface area contributed by atoms with Crippen LogP contribution in [-0.4, -0.2) is 55.1 Å². The van der Waals surface area contributed by atoms with Gasteiger partial charge in [0.1, 0.15) is 12.3 Å². The lowest BCUT2D eigenvalue weighted by Crippen LogP contribution is -2.24. The molecule has 1 fully saturated rings. The highest BCUT2D eigenvalue weighted by Gasteiger charge is 2.35. The van der Waals surface area contributed by atoms with Crippen molar-refractivity contribution in [2.75, 3.05) is 18.5 Å². The number of hydrogen-bond donors (Lipinski definition) is 4. The van der Waals surface area contributed by atoms with Gasteiger partial charge in [0.05, 0.1) is 19.0 Å². The van der Waals surface area contributed by atoms with Crippen molar-refractivity contribution in [3.05, 3.63) is 16.7 Å². The van der Waals surface area contributed by atoms with E-state index >= 15 is 0 Å². The van der Waals surface area contributed by atoms with Crippen molar-refractivity contribution in [2.45, 2.75) is 38.7 Å². The lowest BCUT2D eigenvalue weighted by molar-refractivity contribution is -0.0432. The van der Waals surface area contributed by atoms with Crippen LogP contribution in [0.1, 0.15) is 26.5 Å². The van der Waals surface area contributed by atoms with Gasteiger partial charge in [0.2, 0.25) is 5.95 Å². The predicted molar refractivity (Wildman–Crippen MR) is 83.1 cm³/mol. The molecule has 0 aliphatic carbocycles. The number of H-pyrrole nitrogens is 1. The molecule has 1 saturated heterocycles. The summed E-state index contributed by atoms with van der Waals surface area (Å²) >= 11 is 0. The van der Waals surface area contributed by atoms with Gasteiger partial charge < -0.3 is 20.3 Å². The average molecular weight is 323 g/mol. The third-order valence-corrected chi connectivity index (χ3v) is 3.80. The Morgan fingerprint density at radius 1 is 1.57 bits per heavy atom. The maximum atomic E-state index is 12.1. The fourth-order valence-electron chi connectivity index (χ4n) is 2.57. The second-order valence-corrected chi connectivity index (χ2v) is 6.13. The number of rotatable bonds is 5. The molecule has 3 rings (SSSR count). The maximum Gasteiger partial charge on any atom is 0.280 e.